The maximum Gasteiger partial charge on any atom is 0.313 e. The molecule has 0 atom stereocenters. The van der Waals surface area contributed by atoms with Gasteiger partial charge in [0.05, 0.1) is 5.69 Å². The summed E-state index contributed by atoms with van der Waals surface area (Å²) in [6, 6.07) is 1.65. The summed E-state index contributed by atoms with van der Waals surface area (Å²) in [5, 5.41) is 4.61. The van der Waals surface area contributed by atoms with Crippen molar-refractivity contribution in [2.24, 2.45) is 0 Å². The summed E-state index contributed by atoms with van der Waals surface area (Å²) < 4.78 is 0. The number of hydrogen-bond acceptors (Lipinski definition) is 2. The molecule has 0 saturated carbocycles. The van der Waals surface area contributed by atoms with Gasteiger partial charge in [0.25, 0.3) is 0 Å². The van der Waals surface area contributed by atoms with Gasteiger partial charge in [-0.05, 0) is 6.07 Å². The lowest BCUT2D eigenvalue weighted by Gasteiger charge is -1.99. The highest BCUT2D eigenvalue weighted by molar-refractivity contribution is 6.39. The molecule has 12 heavy (non-hydrogen) atoms. The predicted molar refractivity (Wildman–Crippen MR) is 43.5 cm³/mol. The molecule has 1 rings (SSSR count). The average molecular weight is 167 g/mol. The normalized spacial score (nSPS) is 9.08. The molecule has 5 heteroatoms. The molecular formula is C7H9N3O2. The zero-order valence-electron chi connectivity index (χ0n) is 6.55. The van der Waals surface area contributed by atoms with E-state index in [1.54, 1.807) is 18.5 Å². The first kappa shape index (κ1) is 8.32. The van der Waals surface area contributed by atoms with Crippen LogP contribution in [0.15, 0.2) is 18.5 Å². The summed E-state index contributed by atoms with van der Waals surface area (Å²) in [4.78, 5) is 24.4. The molecule has 1 heterocycles. The fourth-order valence-corrected chi connectivity index (χ4v) is 0.703. The van der Waals surface area contributed by atoms with Crippen LogP contribution in [0.4, 0.5) is 5.69 Å². The highest BCUT2D eigenvalue weighted by atomic mass is 16.2. The molecule has 0 saturated heterocycles. The van der Waals surface area contributed by atoms with Crippen molar-refractivity contribution < 1.29 is 9.59 Å². The third-order valence-electron chi connectivity index (χ3n) is 1.29. The van der Waals surface area contributed by atoms with Gasteiger partial charge in [0.1, 0.15) is 0 Å². The molecule has 3 N–H and O–H groups in total. The average Bonchev–Trinajstić information content (AvgIpc) is 2.55. The largest absolute Gasteiger partial charge is 0.366 e. The van der Waals surface area contributed by atoms with E-state index in [0.717, 1.165) is 0 Å². The lowest BCUT2D eigenvalue weighted by molar-refractivity contribution is -0.135. The summed E-state index contributed by atoms with van der Waals surface area (Å²) in [5.74, 6) is -1.33. The summed E-state index contributed by atoms with van der Waals surface area (Å²) in [6.45, 7) is 0. The lowest BCUT2D eigenvalue weighted by atomic mass is 10.5. The Bertz CT molecular complexity index is 279. The van der Waals surface area contributed by atoms with E-state index in [0.29, 0.717) is 5.69 Å². The molecular weight excluding hydrogens is 158 g/mol. The van der Waals surface area contributed by atoms with Gasteiger partial charge in [0, 0.05) is 19.4 Å². The fraction of sp³-hybridized carbons (Fsp3) is 0.143. The summed E-state index contributed by atoms with van der Waals surface area (Å²) in [6.07, 6.45) is 3.24. The van der Waals surface area contributed by atoms with Crippen LogP contribution in [-0.2, 0) is 9.59 Å². The molecule has 2 amide bonds. The third-order valence-corrected chi connectivity index (χ3v) is 1.29. The smallest absolute Gasteiger partial charge is 0.313 e. The van der Waals surface area contributed by atoms with Gasteiger partial charge < -0.3 is 15.6 Å². The highest BCUT2D eigenvalue weighted by Crippen LogP contribution is 2.02. The van der Waals surface area contributed by atoms with Crippen molar-refractivity contribution in [3.05, 3.63) is 18.5 Å². The first-order valence-electron chi connectivity index (χ1n) is 3.40. The van der Waals surface area contributed by atoms with Gasteiger partial charge in [-0.1, -0.05) is 0 Å². The molecule has 1 aromatic rings. The molecule has 0 spiro atoms. The van der Waals surface area contributed by atoms with Crippen LogP contribution in [0.25, 0.3) is 0 Å². The van der Waals surface area contributed by atoms with Crippen molar-refractivity contribution >= 4 is 17.5 Å². The van der Waals surface area contributed by atoms with E-state index in [-0.39, 0.29) is 0 Å². The molecule has 0 radical (unpaired) electrons. The number of aromatic nitrogens is 1. The zero-order chi connectivity index (χ0) is 8.97. The Hall–Kier alpha value is -1.78. The Kier molecular flexibility index (Phi) is 2.47. The van der Waals surface area contributed by atoms with Crippen molar-refractivity contribution in [2.45, 2.75) is 0 Å². The number of carbonyl (C=O) groups excluding carboxylic acids is 2. The Morgan fingerprint density at radius 2 is 2.17 bits per heavy atom. The summed E-state index contributed by atoms with van der Waals surface area (Å²) in [7, 11) is 1.40. The minimum Gasteiger partial charge on any atom is -0.366 e. The van der Waals surface area contributed by atoms with Crippen molar-refractivity contribution in [1.29, 1.82) is 0 Å². The maximum atomic E-state index is 10.9. The second kappa shape index (κ2) is 3.56. The van der Waals surface area contributed by atoms with E-state index in [9.17, 15) is 9.59 Å². The summed E-state index contributed by atoms with van der Waals surface area (Å²) in [5.41, 5.74) is 0.573. The Morgan fingerprint density at radius 1 is 1.42 bits per heavy atom. The van der Waals surface area contributed by atoms with Crippen molar-refractivity contribution in [3.8, 4) is 0 Å². The number of likely N-dealkylation sites (N-methyl/N-ethyl adjacent to an activating group) is 1. The van der Waals surface area contributed by atoms with Crippen LogP contribution >= 0.6 is 0 Å². The molecule has 0 bridgehead atoms. The van der Waals surface area contributed by atoms with E-state index < -0.39 is 11.8 Å². The molecule has 5 nitrogen and oxygen atoms in total. The van der Waals surface area contributed by atoms with Gasteiger partial charge >= 0.3 is 11.8 Å². The Labute approximate surface area is 69.2 Å². The lowest BCUT2D eigenvalue weighted by Crippen LogP contribution is -2.32. The van der Waals surface area contributed by atoms with Crippen LogP contribution in [0, 0.1) is 0 Å². The SMILES string of the molecule is CNC(=O)C(=O)Nc1cc[nH]c1. The quantitative estimate of drug-likeness (QED) is 0.502. The topological polar surface area (TPSA) is 74.0 Å². The third kappa shape index (κ3) is 1.85. The van der Waals surface area contributed by atoms with Gasteiger partial charge in [-0.25, -0.2) is 0 Å². The van der Waals surface area contributed by atoms with Crippen LogP contribution in [0.2, 0.25) is 0 Å². The molecule has 0 aromatic carbocycles. The van der Waals surface area contributed by atoms with Crippen molar-refractivity contribution in [2.75, 3.05) is 12.4 Å². The van der Waals surface area contributed by atoms with E-state index >= 15 is 0 Å². The first-order chi connectivity index (χ1) is 5.74. The second-order valence-corrected chi connectivity index (χ2v) is 2.13. The van der Waals surface area contributed by atoms with Crippen LogP contribution in [0.5, 0.6) is 0 Å². The molecule has 0 aliphatic rings. The highest BCUT2D eigenvalue weighted by Gasteiger charge is 2.10. The number of carbonyl (C=O) groups is 2. The van der Waals surface area contributed by atoms with E-state index in [2.05, 4.69) is 15.6 Å². The fourth-order valence-electron chi connectivity index (χ4n) is 0.703. The molecule has 1 aromatic heterocycles. The van der Waals surface area contributed by atoms with Crippen LogP contribution < -0.4 is 10.6 Å². The number of hydrogen-bond donors (Lipinski definition) is 3. The standard InChI is InChI=1S/C7H9N3O2/c1-8-6(11)7(12)10-5-2-3-9-4-5/h2-4,9H,1H3,(H,8,11)(H,10,12). The molecule has 64 valence electrons. The monoisotopic (exact) mass is 167 g/mol. The van der Waals surface area contributed by atoms with E-state index in [1.807, 2.05) is 0 Å². The second-order valence-electron chi connectivity index (χ2n) is 2.13. The number of H-pyrrole nitrogens is 1. The number of nitrogens with one attached hydrogen (secondary N) is 3. The maximum absolute atomic E-state index is 10.9. The number of anilines is 1. The van der Waals surface area contributed by atoms with Crippen LogP contribution in [-0.4, -0.2) is 23.8 Å². The van der Waals surface area contributed by atoms with Gasteiger partial charge in [-0.3, -0.25) is 9.59 Å². The minimum atomic E-state index is -0.669. The first-order valence-corrected chi connectivity index (χ1v) is 3.40. The van der Waals surface area contributed by atoms with Crippen molar-refractivity contribution in [1.82, 2.24) is 10.3 Å². The van der Waals surface area contributed by atoms with Crippen LogP contribution in [0.1, 0.15) is 0 Å². The molecule has 0 unspecified atom stereocenters. The molecule has 0 fully saturated rings. The molecule has 0 aliphatic heterocycles. The van der Waals surface area contributed by atoms with E-state index in [4.69, 9.17) is 0 Å². The Morgan fingerprint density at radius 3 is 2.67 bits per heavy atom. The van der Waals surface area contributed by atoms with Crippen molar-refractivity contribution in [3.63, 3.8) is 0 Å². The summed E-state index contributed by atoms with van der Waals surface area (Å²) >= 11 is 0. The zero-order valence-corrected chi connectivity index (χ0v) is 6.55. The number of amides is 2. The van der Waals surface area contributed by atoms with E-state index in [1.165, 1.54) is 7.05 Å². The van der Waals surface area contributed by atoms with Gasteiger partial charge in [-0.15, -0.1) is 0 Å². The molecule has 0 aliphatic carbocycles. The van der Waals surface area contributed by atoms with Gasteiger partial charge in [0.2, 0.25) is 0 Å². The number of rotatable bonds is 1. The van der Waals surface area contributed by atoms with Gasteiger partial charge in [-0.2, -0.15) is 0 Å². The van der Waals surface area contributed by atoms with Gasteiger partial charge in [0.15, 0.2) is 0 Å². The predicted octanol–water partition coefficient (Wildman–Crippen LogP) is -0.301. The minimum absolute atomic E-state index is 0.573. The Balaban J connectivity index is 2.53. The van der Waals surface area contributed by atoms with Crippen LogP contribution in [0.3, 0.4) is 0 Å². The number of aromatic amines is 1.